The minimum absolute atomic E-state index is 0.142. The lowest BCUT2D eigenvalue weighted by atomic mass is 9.76. The number of hydrogen-bond donors (Lipinski definition) is 0. The Balaban J connectivity index is 2.02. The highest BCUT2D eigenvalue weighted by Gasteiger charge is 2.30. The topological polar surface area (TPSA) is 29.4 Å². The van der Waals surface area contributed by atoms with Gasteiger partial charge in [0.1, 0.15) is 5.78 Å². The molecule has 0 saturated heterocycles. The molecule has 2 fully saturated rings. The summed E-state index contributed by atoms with van der Waals surface area (Å²) in [6, 6.07) is 0.519. The van der Waals surface area contributed by atoms with Gasteiger partial charge in [0.15, 0.2) is 0 Å². The van der Waals surface area contributed by atoms with Crippen molar-refractivity contribution in [1.82, 2.24) is 0 Å². The molecule has 0 atom stereocenters. The quantitative estimate of drug-likeness (QED) is 0.666. The van der Waals surface area contributed by atoms with Crippen molar-refractivity contribution in [1.29, 1.82) is 0 Å². The predicted molar refractivity (Wildman–Crippen MR) is 66.9 cm³/mol. The monoisotopic (exact) mass is 221 g/mol. The number of Topliss-reactive ketones (excluding diaryl/α,β-unsaturated/α-hetero) is 1. The number of carbonyl (C=O) groups excluding carboxylic acids is 1. The van der Waals surface area contributed by atoms with Gasteiger partial charge >= 0.3 is 0 Å². The van der Waals surface area contributed by atoms with Crippen molar-refractivity contribution in [3.63, 3.8) is 0 Å². The van der Waals surface area contributed by atoms with Crippen LogP contribution in [0.1, 0.15) is 65.2 Å². The van der Waals surface area contributed by atoms with Gasteiger partial charge in [0.25, 0.3) is 0 Å². The first kappa shape index (κ1) is 11.8. The first-order chi connectivity index (χ1) is 7.55. The molecule has 0 spiro atoms. The Labute approximate surface area is 98.5 Å². The van der Waals surface area contributed by atoms with Crippen LogP contribution in [0.2, 0.25) is 0 Å². The normalized spacial score (nSPS) is 29.6. The van der Waals surface area contributed by atoms with E-state index < -0.39 is 0 Å². The van der Waals surface area contributed by atoms with E-state index in [0.29, 0.717) is 18.2 Å². The summed E-state index contributed by atoms with van der Waals surface area (Å²) in [5.41, 5.74) is 1.32. The number of rotatable bonds is 1. The molecule has 0 heterocycles. The number of carbonyl (C=O) groups is 1. The second-order valence-corrected chi connectivity index (χ2v) is 6.22. The van der Waals surface area contributed by atoms with Crippen molar-refractivity contribution in [2.45, 2.75) is 71.3 Å². The summed E-state index contributed by atoms with van der Waals surface area (Å²) in [7, 11) is 0. The van der Waals surface area contributed by atoms with Crippen molar-refractivity contribution in [2.24, 2.45) is 10.4 Å². The molecule has 2 aliphatic carbocycles. The molecule has 2 rings (SSSR count). The van der Waals surface area contributed by atoms with Gasteiger partial charge in [0.2, 0.25) is 0 Å². The molecule has 90 valence electrons. The van der Waals surface area contributed by atoms with E-state index in [-0.39, 0.29) is 5.41 Å². The van der Waals surface area contributed by atoms with Crippen molar-refractivity contribution >= 4 is 11.5 Å². The van der Waals surface area contributed by atoms with Crippen LogP contribution in [0.15, 0.2) is 4.99 Å². The highest BCUT2D eigenvalue weighted by molar-refractivity contribution is 6.04. The largest absolute Gasteiger partial charge is 0.299 e. The molecule has 2 heteroatoms. The van der Waals surface area contributed by atoms with Gasteiger partial charge in [-0.15, -0.1) is 0 Å². The van der Waals surface area contributed by atoms with Crippen molar-refractivity contribution in [2.75, 3.05) is 0 Å². The molecule has 0 aromatic carbocycles. The lowest BCUT2D eigenvalue weighted by Gasteiger charge is -2.30. The van der Waals surface area contributed by atoms with Crippen LogP contribution >= 0.6 is 0 Å². The molecule has 16 heavy (non-hydrogen) atoms. The summed E-state index contributed by atoms with van der Waals surface area (Å²) in [6.45, 7) is 4.36. The minimum Gasteiger partial charge on any atom is -0.299 e. The van der Waals surface area contributed by atoms with Crippen LogP contribution in [0.3, 0.4) is 0 Å². The molecular formula is C14H23NO. The molecule has 0 aliphatic heterocycles. The van der Waals surface area contributed by atoms with E-state index in [2.05, 4.69) is 13.8 Å². The third-order valence-electron chi connectivity index (χ3n) is 3.70. The Kier molecular flexibility index (Phi) is 3.46. The average molecular weight is 221 g/mol. The fraction of sp³-hybridized carbons (Fsp3) is 0.857. The van der Waals surface area contributed by atoms with Gasteiger partial charge in [-0.1, -0.05) is 33.1 Å². The highest BCUT2D eigenvalue weighted by Crippen LogP contribution is 2.32. The lowest BCUT2D eigenvalue weighted by molar-refractivity contribution is -0.120. The van der Waals surface area contributed by atoms with E-state index in [1.54, 1.807) is 0 Å². The molecule has 2 saturated carbocycles. The van der Waals surface area contributed by atoms with Crippen LogP contribution in [0.4, 0.5) is 0 Å². The van der Waals surface area contributed by atoms with E-state index in [4.69, 9.17) is 4.99 Å². The first-order valence-corrected chi connectivity index (χ1v) is 6.62. The molecular weight excluding hydrogens is 198 g/mol. The van der Waals surface area contributed by atoms with Gasteiger partial charge in [-0.3, -0.25) is 9.79 Å². The number of hydrogen-bond acceptors (Lipinski definition) is 2. The third kappa shape index (κ3) is 3.16. The molecule has 2 nitrogen and oxygen atoms in total. The summed E-state index contributed by atoms with van der Waals surface area (Å²) < 4.78 is 0. The zero-order valence-corrected chi connectivity index (χ0v) is 10.6. The average Bonchev–Trinajstić information content (AvgIpc) is 2.15. The van der Waals surface area contributed by atoms with E-state index in [1.807, 2.05) is 0 Å². The van der Waals surface area contributed by atoms with Gasteiger partial charge in [-0.2, -0.15) is 0 Å². The Morgan fingerprint density at radius 1 is 1.12 bits per heavy atom. The van der Waals surface area contributed by atoms with E-state index in [1.165, 1.54) is 37.8 Å². The van der Waals surface area contributed by atoms with Gasteiger partial charge in [-0.05, 0) is 24.7 Å². The van der Waals surface area contributed by atoms with Crippen LogP contribution in [0.25, 0.3) is 0 Å². The number of nitrogens with zero attached hydrogens (tertiary/aromatic N) is 1. The number of aliphatic imine (C=N–C) groups is 1. The molecule has 0 N–H and O–H groups in total. The smallest absolute Gasteiger partial charge is 0.139 e. The Bertz CT molecular complexity index is 298. The standard InChI is InChI=1S/C14H23NO/c1-14(2)9-12(8-13(16)10-14)15-11-6-4-3-5-7-11/h11H,3-10H2,1-2H3. The van der Waals surface area contributed by atoms with E-state index in [9.17, 15) is 4.79 Å². The summed E-state index contributed by atoms with van der Waals surface area (Å²) in [5.74, 6) is 0.380. The van der Waals surface area contributed by atoms with Gasteiger partial charge in [-0.25, -0.2) is 0 Å². The van der Waals surface area contributed by atoms with Crippen molar-refractivity contribution in [3.8, 4) is 0 Å². The van der Waals surface area contributed by atoms with E-state index >= 15 is 0 Å². The fourth-order valence-corrected chi connectivity index (χ4v) is 3.06. The minimum atomic E-state index is 0.142. The molecule has 2 aliphatic rings. The fourth-order valence-electron chi connectivity index (χ4n) is 3.06. The highest BCUT2D eigenvalue weighted by atomic mass is 16.1. The maximum atomic E-state index is 11.6. The van der Waals surface area contributed by atoms with Crippen LogP contribution in [-0.4, -0.2) is 17.5 Å². The second-order valence-electron chi connectivity index (χ2n) is 6.22. The molecule has 0 amide bonds. The summed E-state index contributed by atoms with van der Waals surface area (Å²) in [5, 5.41) is 0. The first-order valence-electron chi connectivity index (χ1n) is 6.62. The van der Waals surface area contributed by atoms with Gasteiger partial charge < -0.3 is 0 Å². The van der Waals surface area contributed by atoms with Crippen LogP contribution < -0.4 is 0 Å². The Morgan fingerprint density at radius 2 is 1.81 bits per heavy atom. The molecule has 0 unspecified atom stereocenters. The zero-order chi connectivity index (χ0) is 11.6. The summed E-state index contributed by atoms with van der Waals surface area (Å²) >= 11 is 0. The zero-order valence-electron chi connectivity index (χ0n) is 10.6. The summed E-state index contributed by atoms with van der Waals surface area (Å²) in [6.07, 6.45) is 8.85. The molecule has 0 bridgehead atoms. The van der Waals surface area contributed by atoms with Crippen LogP contribution in [0.5, 0.6) is 0 Å². The summed E-state index contributed by atoms with van der Waals surface area (Å²) in [4.78, 5) is 16.5. The number of ketones is 1. The van der Waals surface area contributed by atoms with Gasteiger partial charge in [0, 0.05) is 24.6 Å². The predicted octanol–water partition coefficient (Wildman–Crippen LogP) is 3.54. The van der Waals surface area contributed by atoms with Crippen molar-refractivity contribution in [3.05, 3.63) is 0 Å². The lowest BCUT2D eigenvalue weighted by Crippen LogP contribution is -2.30. The second kappa shape index (κ2) is 4.68. The maximum Gasteiger partial charge on any atom is 0.139 e. The molecule has 0 aromatic heterocycles. The third-order valence-corrected chi connectivity index (χ3v) is 3.70. The van der Waals surface area contributed by atoms with Crippen LogP contribution in [-0.2, 0) is 4.79 Å². The van der Waals surface area contributed by atoms with Gasteiger partial charge in [0.05, 0.1) is 0 Å². The molecule has 0 aromatic rings. The van der Waals surface area contributed by atoms with E-state index in [0.717, 1.165) is 12.8 Å². The molecule has 0 radical (unpaired) electrons. The maximum absolute atomic E-state index is 11.6. The Morgan fingerprint density at radius 3 is 2.44 bits per heavy atom. The van der Waals surface area contributed by atoms with Crippen LogP contribution in [0, 0.1) is 5.41 Å². The SMILES string of the molecule is CC1(C)CC(=O)CC(=NC2CCCCC2)C1. The van der Waals surface area contributed by atoms with Crippen molar-refractivity contribution < 1.29 is 4.79 Å². The Hall–Kier alpha value is -0.660.